The average molecular weight is 683 g/mol. The first-order valence-corrected chi connectivity index (χ1v) is 17.9. The van der Waals surface area contributed by atoms with Crippen LogP contribution in [-0.4, -0.2) is 120 Å². The zero-order valence-corrected chi connectivity index (χ0v) is 29.0. The molecule has 1 saturated heterocycles. The number of aliphatic hydroxyl groups excluding tert-OH is 8. The smallest absolute Gasteiger partial charge is 0.315 e. The molecule has 6 aliphatic rings. The van der Waals surface area contributed by atoms with Crippen molar-refractivity contribution in [2.75, 3.05) is 19.8 Å². The van der Waals surface area contributed by atoms with Gasteiger partial charge in [0.15, 0.2) is 0 Å². The number of aliphatic hydroxyl groups is 9. The van der Waals surface area contributed by atoms with Crippen molar-refractivity contribution in [2.45, 2.75) is 135 Å². The summed E-state index contributed by atoms with van der Waals surface area (Å²) in [6.07, 6.45) is -3.85. The van der Waals surface area contributed by atoms with Gasteiger partial charge in [-0.15, -0.1) is 0 Å². The van der Waals surface area contributed by atoms with Gasteiger partial charge in [-0.1, -0.05) is 39.3 Å². The zero-order chi connectivity index (χ0) is 35.4. The van der Waals surface area contributed by atoms with E-state index in [0.29, 0.717) is 44.9 Å². The lowest BCUT2D eigenvalue weighted by atomic mass is 9.32. The van der Waals surface area contributed by atoms with E-state index in [0.717, 1.165) is 12.0 Å². The van der Waals surface area contributed by atoms with Gasteiger partial charge in [-0.05, 0) is 92.3 Å². The van der Waals surface area contributed by atoms with E-state index in [1.54, 1.807) is 6.92 Å². The van der Waals surface area contributed by atoms with Gasteiger partial charge in [0, 0.05) is 11.3 Å². The van der Waals surface area contributed by atoms with Crippen molar-refractivity contribution < 1.29 is 60.2 Å². The molecule has 16 atom stereocenters. The highest BCUT2D eigenvalue weighted by molar-refractivity contribution is 5.79. The minimum atomic E-state index is -1.74. The maximum absolute atomic E-state index is 14.5. The molecule has 0 unspecified atom stereocenters. The number of ether oxygens (including phenoxy) is 2. The van der Waals surface area contributed by atoms with E-state index in [1.165, 1.54) is 0 Å². The van der Waals surface area contributed by atoms with Crippen LogP contribution in [0.4, 0.5) is 0 Å². The Bertz CT molecular complexity index is 1280. The molecule has 4 saturated carbocycles. The zero-order valence-electron chi connectivity index (χ0n) is 29.0. The monoisotopic (exact) mass is 682 g/mol. The second-order valence-corrected chi connectivity index (χ2v) is 17.4. The summed E-state index contributed by atoms with van der Waals surface area (Å²) in [6, 6.07) is 0. The first-order valence-electron chi connectivity index (χ1n) is 17.9. The van der Waals surface area contributed by atoms with E-state index in [2.05, 4.69) is 26.8 Å². The number of carbonyl (C=O) groups excluding carboxylic acids is 1. The van der Waals surface area contributed by atoms with Crippen molar-refractivity contribution in [1.29, 1.82) is 0 Å². The molecule has 1 aliphatic heterocycles. The van der Waals surface area contributed by atoms with Crippen molar-refractivity contribution in [3.8, 4) is 0 Å². The Hall–Kier alpha value is -1.19. The number of allylic oxidation sites excluding steroid dienone is 1. The molecule has 0 aromatic carbocycles. The molecule has 5 fully saturated rings. The quantitative estimate of drug-likeness (QED) is 0.142. The second-order valence-electron chi connectivity index (χ2n) is 17.4. The molecule has 0 radical (unpaired) electrons. The minimum absolute atomic E-state index is 0.0108. The van der Waals surface area contributed by atoms with Gasteiger partial charge >= 0.3 is 5.97 Å². The van der Waals surface area contributed by atoms with Crippen molar-refractivity contribution in [2.24, 2.45) is 50.7 Å². The second kappa shape index (κ2) is 11.9. The molecule has 0 bridgehead atoms. The molecule has 9 N–H and O–H groups in total. The topological polar surface area (TPSA) is 218 Å². The third-order valence-corrected chi connectivity index (χ3v) is 15.7. The third-order valence-electron chi connectivity index (χ3n) is 15.7. The van der Waals surface area contributed by atoms with Crippen LogP contribution < -0.4 is 0 Å². The Labute approximate surface area is 282 Å². The van der Waals surface area contributed by atoms with Crippen molar-refractivity contribution in [1.82, 2.24) is 0 Å². The highest BCUT2D eigenvalue weighted by atomic mass is 16.7. The van der Waals surface area contributed by atoms with Crippen LogP contribution in [0.25, 0.3) is 0 Å². The van der Waals surface area contributed by atoms with Gasteiger partial charge in [-0.2, -0.15) is 0 Å². The first kappa shape index (κ1) is 36.6. The fraction of sp³-hybridized carbons (Fsp3) is 0.917. The average Bonchev–Trinajstić information content (AvgIpc) is 3.04. The normalized spacial score (nSPS) is 54.5. The molecular formula is C36H58O12. The predicted molar refractivity (Wildman–Crippen MR) is 171 cm³/mol. The predicted octanol–water partition coefficient (Wildman–Crippen LogP) is 0.379. The Morgan fingerprint density at radius 3 is 2.19 bits per heavy atom. The van der Waals surface area contributed by atoms with Crippen molar-refractivity contribution in [3.05, 3.63) is 11.6 Å². The summed E-state index contributed by atoms with van der Waals surface area (Å²) in [5.41, 5.74) is -4.09. The highest BCUT2D eigenvalue weighted by Crippen LogP contribution is 2.76. The van der Waals surface area contributed by atoms with Gasteiger partial charge in [0.1, 0.15) is 24.4 Å². The van der Waals surface area contributed by atoms with Crippen LogP contribution in [0.1, 0.15) is 86.0 Å². The van der Waals surface area contributed by atoms with Gasteiger partial charge in [-0.3, -0.25) is 4.79 Å². The molecule has 0 amide bonds. The van der Waals surface area contributed by atoms with E-state index in [1.807, 2.05) is 6.92 Å². The standard InChI is InChI=1S/C36H58O12/c1-18-8-11-35(30(45)48-29-26(43)25(42)24(41)21(15-37)47-29)13-12-32(3)19(27(35)34(18,5)46)6-7-22-31(2)14-20(40)28(44)36(16-38,17-39)23(31)9-10-33(22,32)4/h6,18,20-29,37-44,46H,7-17H2,1-5H3/t18-,20-,21-,22-,23-,24-,25+,26-,27-,28+,29+,31-,32+,33+,34-,35-/m1/s1. The molecule has 274 valence electrons. The maximum atomic E-state index is 14.5. The van der Waals surface area contributed by atoms with Crippen LogP contribution in [0.15, 0.2) is 11.6 Å². The summed E-state index contributed by atoms with van der Waals surface area (Å²) in [4.78, 5) is 14.5. The molecule has 5 aliphatic carbocycles. The summed E-state index contributed by atoms with van der Waals surface area (Å²) in [5, 5.41) is 96.9. The SMILES string of the molecule is C[C@@H]1CC[C@@]2(C(=O)O[C@@H]3O[C@H](CO)[C@@H](O)[C@H](O)[C@H]3O)CC[C@@]3(C)C(=CC[C@@H]4[C@@]5(C)C[C@@H](O)[C@H](O)C(CO)(CO)[C@@H]5CC[C@@]43C)[C@@H]2[C@]1(C)O. The van der Waals surface area contributed by atoms with Crippen LogP contribution in [0.2, 0.25) is 0 Å². The van der Waals surface area contributed by atoms with Crippen LogP contribution >= 0.6 is 0 Å². The summed E-state index contributed by atoms with van der Waals surface area (Å²) < 4.78 is 11.4. The lowest BCUT2D eigenvalue weighted by Crippen LogP contribution is -2.70. The molecule has 6 rings (SSSR count). The lowest BCUT2D eigenvalue weighted by molar-refractivity contribution is -0.299. The van der Waals surface area contributed by atoms with Gasteiger partial charge < -0.3 is 55.4 Å². The maximum Gasteiger partial charge on any atom is 0.315 e. The number of hydrogen-bond donors (Lipinski definition) is 9. The largest absolute Gasteiger partial charge is 0.432 e. The summed E-state index contributed by atoms with van der Waals surface area (Å²) in [5.74, 6) is -1.67. The molecule has 48 heavy (non-hydrogen) atoms. The number of carbonyl (C=O) groups is 1. The van der Waals surface area contributed by atoms with Crippen LogP contribution in [0.3, 0.4) is 0 Å². The van der Waals surface area contributed by atoms with E-state index < -0.39 is 102 Å². The van der Waals surface area contributed by atoms with Crippen LogP contribution in [-0.2, 0) is 14.3 Å². The van der Waals surface area contributed by atoms with Crippen molar-refractivity contribution in [3.63, 3.8) is 0 Å². The number of rotatable bonds is 5. The molecule has 0 aromatic heterocycles. The Kier molecular flexibility index (Phi) is 9.10. The summed E-state index contributed by atoms with van der Waals surface area (Å²) in [6.45, 7) is 8.85. The molecule has 12 nitrogen and oxygen atoms in total. The van der Waals surface area contributed by atoms with Gasteiger partial charge in [0.2, 0.25) is 6.29 Å². The van der Waals surface area contributed by atoms with Crippen molar-refractivity contribution >= 4 is 5.97 Å². The van der Waals surface area contributed by atoms with Crippen LogP contribution in [0.5, 0.6) is 0 Å². The molecule has 0 aromatic rings. The highest BCUT2D eigenvalue weighted by Gasteiger charge is 2.73. The fourth-order valence-corrected chi connectivity index (χ4v) is 12.4. The third kappa shape index (κ3) is 4.60. The van der Waals surface area contributed by atoms with E-state index in [-0.39, 0.29) is 23.2 Å². The molecule has 0 spiro atoms. The lowest BCUT2D eigenvalue weighted by Gasteiger charge is -2.72. The molecular weight excluding hydrogens is 624 g/mol. The van der Waals surface area contributed by atoms with Crippen LogP contribution in [0, 0.1) is 50.7 Å². The Morgan fingerprint density at radius 2 is 1.56 bits per heavy atom. The van der Waals surface area contributed by atoms with E-state index in [9.17, 15) is 50.8 Å². The summed E-state index contributed by atoms with van der Waals surface area (Å²) in [7, 11) is 0. The summed E-state index contributed by atoms with van der Waals surface area (Å²) >= 11 is 0. The Balaban J connectivity index is 1.40. The minimum Gasteiger partial charge on any atom is -0.432 e. The molecule has 12 heteroatoms. The van der Waals surface area contributed by atoms with E-state index >= 15 is 0 Å². The number of esters is 1. The van der Waals surface area contributed by atoms with Gasteiger partial charge in [0.25, 0.3) is 0 Å². The molecule has 1 heterocycles. The first-order chi connectivity index (χ1) is 22.4. The fourth-order valence-electron chi connectivity index (χ4n) is 12.4. The number of fused-ring (bicyclic) bond motifs is 7. The van der Waals surface area contributed by atoms with E-state index in [4.69, 9.17) is 9.47 Å². The van der Waals surface area contributed by atoms with Gasteiger partial charge in [0.05, 0.1) is 43.0 Å². The van der Waals surface area contributed by atoms with Gasteiger partial charge in [-0.25, -0.2) is 0 Å². The Morgan fingerprint density at radius 1 is 0.896 bits per heavy atom. The number of hydrogen-bond acceptors (Lipinski definition) is 12.